The summed E-state index contributed by atoms with van der Waals surface area (Å²) in [6, 6.07) is 0. The number of amides is 1. The van der Waals surface area contributed by atoms with E-state index in [0.717, 1.165) is 37.4 Å². The van der Waals surface area contributed by atoms with Crippen LogP contribution in [0.25, 0.3) is 11.3 Å². The van der Waals surface area contributed by atoms with Crippen LogP contribution < -0.4 is 0 Å². The van der Waals surface area contributed by atoms with Gasteiger partial charge in [0.2, 0.25) is 5.91 Å². The second kappa shape index (κ2) is 5.12. The summed E-state index contributed by atoms with van der Waals surface area (Å²) >= 11 is 3.34. The third-order valence-electron chi connectivity index (χ3n) is 3.89. The number of likely N-dealkylation sites (tertiary alicyclic amines) is 1. The Bertz CT molecular complexity index is 660. The fourth-order valence-electron chi connectivity index (χ4n) is 2.77. The van der Waals surface area contributed by atoms with Crippen LogP contribution in [0.4, 0.5) is 0 Å². The van der Waals surface area contributed by atoms with Gasteiger partial charge in [-0.15, -0.1) is 0 Å². The minimum absolute atomic E-state index is 0.153. The van der Waals surface area contributed by atoms with Gasteiger partial charge < -0.3 is 9.47 Å². The van der Waals surface area contributed by atoms with Crippen LogP contribution in [0.5, 0.6) is 0 Å². The number of aryl methyl sites for hydroxylation is 1. The molecule has 2 aromatic rings. The highest BCUT2D eigenvalue weighted by Gasteiger charge is 2.26. The lowest BCUT2D eigenvalue weighted by molar-refractivity contribution is -0.129. The molecule has 0 aliphatic carbocycles. The lowest BCUT2D eigenvalue weighted by Gasteiger charge is -2.30. The van der Waals surface area contributed by atoms with Crippen LogP contribution in [0, 0.1) is 0 Å². The van der Waals surface area contributed by atoms with E-state index in [4.69, 9.17) is 0 Å². The fourth-order valence-corrected chi connectivity index (χ4v) is 3.04. The van der Waals surface area contributed by atoms with Gasteiger partial charge in [0, 0.05) is 33.0 Å². The van der Waals surface area contributed by atoms with E-state index in [0.29, 0.717) is 16.2 Å². The van der Waals surface area contributed by atoms with Crippen molar-refractivity contribution in [3.05, 3.63) is 16.6 Å². The van der Waals surface area contributed by atoms with E-state index in [1.165, 1.54) is 0 Å². The zero-order valence-corrected chi connectivity index (χ0v) is 13.1. The van der Waals surface area contributed by atoms with Crippen molar-refractivity contribution in [2.75, 3.05) is 13.1 Å². The Labute approximate surface area is 125 Å². The first-order chi connectivity index (χ1) is 9.56. The Morgan fingerprint density at radius 2 is 2.05 bits per heavy atom. The van der Waals surface area contributed by atoms with Gasteiger partial charge in [-0.25, -0.2) is 15.0 Å². The van der Waals surface area contributed by atoms with E-state index >= 15 is 0 Å². The quantitative estimate of drug-likeness (QED) is 0.796. The number of carbonyl (C=O) groups excluding carboxylic acids is 1. The van der Waals surface area contributed by atoms with Gasteiger partial charge in [-0.2, -0.15) is 0 Å². The largest absolute Gasteiger partial charge is 0.343 e. The summed E-state index contributed by atoms with van der Waals surface area (Å²) in [5.74, 6) is 1.53. The van der Waals surface area contributed by atoms with Gasteiger partial charge in [-0.3, -0.25) is 4.79 Å². The number of halogens is 1. The topological polar surface area (TPSA) is 63.9 Å². The van der Waals surface area contributed by atoms with Crippen LogP contribution in [-0.4, -0.2) is 43.4 Å². The van der Waals surface area contributed by atoms with E-state index in [-0.39, 0.29) is 5.91 Å². The SMILES string of the molecule is CC(=O)N1CCC(c2nc3ncc(Br)nc3n2C)CC1. The molecular weight excluding hydrogens is 322 g/mol. The number of nitrogens with zero attached hydrogens (tertiary/aromatic N) is 5. The first-order valence-electron chi connectivity index (χ1n) is 6.66. The van der Waals surface area contributed by atoms with Crippen molar-refractivity contribution < 1.29 is 4.79 Å². The smallest absolute Gasteiger partial charge is 0.219 e. The standard InChI is InChI=1S/C13H16BrN5O/c1-8(20)19-5-3-9(4-6-19)12-17-11-13(18(12)2)16-10(14)7-15-11/h7,9H,3-6H2,1-2H3. The molecule has 0 spiro atoms. The average molecular weight is 338 g/mol. The van der Waals surface area contributed by atoms with Crippen molar-refractivity contribution in [3.63, 3.8) is 0 Å². The second-order valence-electron chi connectivity index (χ2n) is 5.15. The highest BCUT2D eigenvalue weighted by atomic mass is 79.9. The first-order valence-corrected chi connectivity index (χ1v) is 7.46. The van der Waals surface area contributed by atoms with Crippen LogP contribution in [0.2, 0.25) is 0 Å². The number of piperidine rings is 1. The molecule has 0 radical (unpaired) electrons. The predicted molar refractivity (Wildman–Crippen MR) is 78.2 cm³/mol. The Balaban J connectivity index is 1.88. The van der Waals surface area contributed by atoms with E-state index in [1.807, 2.05) is 16.5 Å². The molecule has 3 rings (SSSR count). The maximum absolute atomic E-state index is 11.4. The molecule has 7 heteroatoms. The molecule has 0 atom stereocenters. The normalized spacial score (nSPS) is 16.9. The Morgan fingerprint density at radius 1 is 1.35 bits per heavy atom. The van der Waals surface area contributed by atoms with Gasteiger partial charge in [0.05, 0.1) is 6.20 Å². The number of rotatable bonds is 1. The number of fused-ring (bicyclic) bond motifs is 1. The molecule has 20 heavy (non-hydrogen) atoms. The minimum Gasteiger partial charge on any atom is -0.343 e. The number of hydrogen-bond acceptors (Lipinski definition) is 4. The number of carbonyl (C=O) groups is 1. The Morgan fingerprint density at radius 3 is 2.70 bits per heavy atom. The van der Waals surface area contributed by atoms with Gasteiger partial charge >= 0.3 is 0 Å². The molecule has 1 saturated heterocycles. The Hall–Kier alpha value is -1.50. The molecular formula is C13H16BrN5O. The fraction of sp³-hybridized carbons (Fsp3) is 0.538. The van der Waals surface area contributed by atoms with Gasteiger partial charge in [-0.05, 0) is 28.8 Å². The molecule has 1 amide bonds. The molecule has 1 fully saturated rings. The molecule has 0 aromatic carbocycles. The van der Waals surface area contributed by atoms with Gasteiger partial charge in [0.1, 0.15) is 10.4 Å². The van der Waals surface area contributed by atoms with Crippen molar-refractivity contribution >= 4 is 33.1 Å². The summed E-state index contributed by atoms with van der Waals surface area (Å²) in [6.45, 7) is 3.22. The summed E-state index contributed by atoms with van der Waals surface area (Å²) in [7, 11) is 1.98. The molecule has 0 saturated carbocycles. The van der Waals surface area contributed by atoms with Crippen molar-refractivity contribution in [3.8, 4) is 0 Å². The van der Waals surface area contributed by atoms with Crippen molar-refractivity contribution in [2.24, 2.45) is 7.05 Å². The van der Waals surface area contributed by atoms with Crippen molar-refractivity contribution in [1.82, 2.24) is 24.4 Å². The van der Waals surface area contributed by atoms with E-state index in [9.17, 15) is 4.79 Å². The first kappa shape index (κ1) is 13.5. The monoisotopic (exact) mass is 337 g/mol. The van der Waals surface area contributed by atoms with E-state index in [2.05, 4.69) is 30.9 Å². The van der Waals surface area contributed by atoms with Crippen LogP contribution in [0.3, 0.4) is 0 Å². The van der Waals surface area contributed by atoms with E-state index < -0.39 is 0 Å². The molecule has 106 valence electrons. The van der Waals surface area contributed by atoms with Gasteiger partial charge in [0.15, 0.2) is 11.3 Å². The lowest BCUT2D eigenvalue weighted by atomic mass is 9.96. The molecule has 6 nitrogen and oxygen atoms in total. The minimum atomic E-state index is 0.153. The highest BCUT2D eigenvalue weighted by molar-refractivity contribution is 9.10. The number of hydrogen-bond donors (Lipinski definition) is 0. The molecule has 0 N–H and O–H groups in total. The van der Waals surface area contributed by atoms with Crippen LogP contribution >= 0.6 is 15.9 Å². The van der Waals surface area contributed by atoms with Gasteiger partial charge in [0.25, 0.3) is 0 Å². The maximum atomic E-state index is 11.4. The zero-order valence-electron chi connectivity index (χ0n) is 11.5. The Kier molecular flexibility index (Phi) is 3.45. The summed E-state index contributed by atoms with van der Waals surface area (Å²) in [6.07, 6.45) is 3.55. The van der Waals surface area contributed by atoms with Crippen LogP contribution in [0.1, 0.15) is 31.5 Å². The van der Waals surface area contributed by atoms with Crippen LogP contribution in [0.15, 0.2) is 10.8 Å². The molecule has 1 aliphatic rings. The molecule has 3 heterocycles. The average Bonchev–Trinajstić information content (AvgIpc) is 2.76. The summed E-state index contributed by atoms with van der Waals surface area (Å²) in [5, 5.41) is 0. The van der Waals surface area contributed by atoms with E-state index in [1.54, 1.807) is 13.1 Å². The number of aromatic nitrogens is 4. The maximum Gasteiger partial charge on any atom is 0.219 e. The summed E-state index contributed by atoms with van der Waals surface area (Å²) in [4.78, 5) is 26.6. The van der Waals surface area contributed by atoms with Gasteiger partial charge in [-0.1, -0.05) is 0 Å². The van der Waals surface area contributed by atoms with Crippen molar-refractivity contribution in [1.29, 1.82) is 0 Å². The lowest BCUT2D eigenvalue weighted by Crippen LogP contribution is -2.36. The third-order valence-corrected chi connectivity index (χ3v) is 4.28. The third kappa shape index (κ3) is 2.30. The second-order valence-corrected chi connectivity index (χ2v) is 5.96. The summed E-state index contributed by atoms with van der Waals surface area (Å²) in [5.41, 5.74) is 1.48. The van der Waals surface area contributed by atoms with Crippen LogP contribution in [-0.2, 0) is 11.8 Å². The molecule has 0 unspecified atom stereocenters. The highest BCUT2D eigenvalue weighted by Crippen LogP contribution is 2.28. The number of imidazole rings is 1. The molecule has 0 bridgehead atoms. The summed E-state index contributed by atoms with van der Waals surface area (Å²) < 4.78 is 2.73. The zero-order chi connectivity index (χ0) is 14.3. The van der Waals surface area contributed by atoms with Crippen molar-refractivity contribution in [2.45, 2.75) is 25.7 Å². The molecule has 2 aromatic heterocycles. The molecule has 1 aliphatic heterocycles. The predicted octanol–water partition coefficient (Wildman–Crippen LogP) is 1.85.